The summed E-state index contributed by atoms with van der Waals surface area (Å²) in [4.78, 5) is 12.4. The molecule has 1 heterocycles. The lowest BCUT2D eigenvalue weighted by molar-refractivity contribution is 0.294. The van der Waals surface area contributed by atoms with Gasteiger partial charge < -0.3 is 9.15 Å². The Labute approximate surface area is 147 Å². The molecule has 0 aliphatic heterocycles. The van der Waals surface area contributed by atoms with Gasteiger partial charge in [-0.25, -0.2) is 9.18 Å². The zero-order valence-electron chi connectivity index (χ0n) is 14.7. The zero-order valence-corrected chi connectivity index (χ0v) is 14.7. The normalized spacial score (nSPS) is 20.6. The molecule has 0 bridgehead atoms. The van der Waals surface area contributed by atoms with E-state index in [-0.39, 0.29) is 17.1 Å². The molecule has 2 aromatic rings. The molecule has 1 aliphatic rings. The van der Waals surface area contributed by atoms with Crippen LogP contribution in [0.5, 0.6) is 5.75 Å². The molecule has 3 rings (SSSR count). The van der Waals surface area contributed by atoms with Crippen molar-refractivity contribution >= 4 is 10.8 Å². The fraction of sp³-hybridized carbons (Fsp3) is 0.476. The molecule has 134 valence electrons. The number of ether oxygens (including phenoxy) is 1. The zero-order chi connectivity index (χ0) is 17.8. The molecule has 0 N–H and O–H groups in total. The SMILES string of the molecule is C=CC1CCC(c2cc3ccc(OCCCC)c(F)c3c(=O)o2)CC1. The van der Waals surface area contributed by atoms with E-state index >= 15 is 0 Å². The van der Waals surface area contributed by atoms with Crippen LogP contribution in [0.15, 0.2) is 40.1 Å². The second-order valence-corrected chi connectivity index (χ2v) is 6.83. The van der Waals surface area contributed by atoms with E-state index in [4.69, 9.17) is 9.15 Å². The molecule has 25 heavy (non-hydrogen) atoms. The Morgan fingerprint density at radius 2 is 2.08 bits per heavy atom. The Bertz CT molecular complexity index is 801. The third-order valence-corrected chi connectivity index (χ3v) is 5.11. The van der Waals surface area contributed by atoms with Crippen LogP contribution in [0, 0.1) is 11.7 Å². The van der Waals surface area contributed by atoms with Crippen molar-refractivity contribution < 1.29 is 13.5 Å². The van der Waals surface area contributed by atoms with Crippen molar-refractivity contribution in [3.63, 3.8) is 0 Å². The Morgan fingerprint density at radius 3 is 2.76 bits per heavy atom. The highest BCUT2D eigenvalue weighted by Gasteiger charge is 2.24. The Hall–Kier alpha value is -2.10. The molecule has 0 atom stereocenters. The van der Waals surface area contributed by atoms with Gasteiger partial charge in [-0.1, -0.05) is 25.5 Å². The van der Waals surface area contributed by atoms with Crippen LogP contribution >= 0.6 is 0 Å². The van der Waals surface area contributed by atoms with Gasteiger partial charge in [0.2, 0.25) is 0 Å². The summed E-state index contributed by atoms with van der Waals surface area (Å²) in [6.45, 7) is 6.33. The maximum Gasteiger partial charge on any atom is 0.346 e. The molecule has 1 saturated carbocycles. The molecule has 0 saturated heterocycles. The Morgan fingerprint density at radius 1 is 1.32 bits per heavy atom. The van der Waals surface area contributed by atoms with Crippen molar-refractivity contribution in [1.82, 2.24) is 0 Å². The lowest BCUT2D eigenvalue weighted by Crippen LogP contribution is -2.14. The van der Waals surface area contributed by atoms with Crippen LogP contribution in [0.1, 0.15) is 57.1 Å². The number of fused-ring (bicyclic) bond motifs is 1. The fourth-order valence-corrected chi connectivity index (χ4v) is 3.52. The summed E-state index contributed by atoms with van der Waals surface area (Å²) in [5.74, 6) is 0.927. The maximum atomic E-state index is 14.6. The topological polar surface area (TPSA) is 39.4 Å². The van der Waals surface area contributed by atoms with Crippen LogP contribution in [-0.4, -0.2) is 6.61 Å². The smallest absolute Gasteiger partial charge is 0.346 e. The lowest BCUT2D eigenvalue weighted by atomic mass is 9.81. The molecule has 0 radical (unpaired) electrons. The molecule has 3 nitrogen and oxygen atoms in total. The molecule has 0 amide bonds. The third kappa shape index (κ3) is 3.78. The van der Waals surface area contributed by atoms with Crippen molar-refractivity contribution in [2.75, 3.05) is 6.61 Å². The standard InChI is InChI=1S/C21H25FO3/c1-3-5-12-24-17-11-10-16-13-18(25-21(23)19(16)20(17)22)15-8-6-14(4-2)7-9-15/h4,10-11,13-15H,2-3,5-9,12H2,1H3. The van der Waals surface area contributed by atoms with Gasteiger partial charge in [0, 0.05) is 5.92 Å². The number of rotatable bonds is 6. The highest BCUT2D eigenvalue weighted by atomic mass is 19.1. The minimum atomic E-state index is -0.621. The monoisotopic (exact) mass is 344 g/mol. The van der Waals surface area contributed by atoms with Gasteiger partial charge in [0.1, 0.15) is 11.1 Å². The van der Waals surface area contributed by atoms with E-state index in [0.29, 0.717) is 23.7 Å². The average molecular weight is 344 g/mol. The molecule has 1 aromatic heterocycles. The van der Waals surface area contributed by atoms with Crippen molar-refractivity contribution in [2.45, 2.75) is 51.4 Å². The summed E-state index contributed by atoms with van der Waals surface area (Å²) in [6, 6.07) is 5.16. The number of hydrogen-bond donors (Lipinski definition) is 0. The van der Waals surface area contributed by atoms with Gasteiger partial charge in [0.25, 0.3) is 0 Å². The van der Waals surface area contributed by atoms with Gasteiger partial charge in [0.15, 0.2) is 11.6 Å². The molecule has 0 unspecified atom stereocenters. The Balaban J connectivity index is 1.89. The molecule has 1 aromatic carbocycles. The van der Waals surface area contributed by atoms with Crippen LogP contribution in [-0.2, 0) is 0 Å². The van der Waals surface area contributed by atoms with Crippen LogP contribution in [0.2, 0.25) is 0 Å². The number of hydrogen-bond acceptors (Lipinski definition) is 3. The summed E-state index contributed by atoms with van der Waals surface area (Å²) >= 11 is 0. The first-order valence-electron chi connectivity index (χ1n) is 9.15. The minimum Gasteiger partial charge on any atom is -0.490 e. The van der Waals surface area contributed by atoms with Gasteiger partial charge >= 0.3 is 5.63 Å². The van der Waals surface area contributed by atoms with E-state index in [0.717, 1.165) is 38.5 Å². The van der Waals surface area contributed by atoms with Gasteiger partial charge in [0.05, 0.1) is 6.61 Å². The van der Waals surface area contributed by atoms with Crippen molar-refractivity contribution in [1.29, 1.82) is 0 Å². The van der Waals surface area contributed by atoms with Crippen LogP contribution in [0.4, 0.5) is 4.39 Å². The van der Waals surface area contributed by atoms with Crippen molar-refractivity contribution in [2.24, 2.45) is 5.92 Å². The Kier molecular flexibility index (Phi) is 5.57. The maximum absolute atomic E-state index is 14.6. The summed E-state index contributed by atoms with van der Waals surface area (Å²) < 4.78 is 25.6. The van der Waals surface area contributed by atoms with Gasteiger partial charge in [-0.2, -0.15) is 0 Å². The minimum absolute atomic E-state index is 0.0162. The second kappa shape index (κ2) is 7.85. The average Bonchev–Trinajstić information content (AvgIpc) is 2.63. The van der Waals surface area contributed by atoms with Crippen molar-refractivity contribution in [3.05, 3.63) is 52.9 Å². The molecular weight excluding hydrogens is 319 g/mol. The summed E-state index contributed by atoms with van der Waals surface area (Å²) in [6.07, 6.45) is 7.84. The summed E-state index contributed by atoms with van der Waals surface area (Å²) in [5, 5.41) is 0.565. The highest BCUT2D eigenvalue weighted by molar-refractivity contribution is 5.83. The summed E-state index contributed by atoms with van der Waals surface area (Å²) in [5.41, 5.74) is -0.614. The summed E-state index contributed by atoms with van der Waals surface area (Å²) in [7, 11) is 0. The first-order chi connectivity index (χ1) is 12.1. The number of allylic oxidation sites excluding steroid dienone is 1. The van der Waals surface area contributed by atoms with Crippen LogP contribution < -0.4 is 10.4 Å². The van der Waals surface area contributed by atoms with E-state index in [1.807, 2.05) is 19.1 Å². The fourth-order valence-electron chi connectivity index (χ4n) is 3.52. The number of benzene rings is 1. The lowest BCUT2D eigenvalue weighted by Gasteiger charge is -2.25. The van der Waals surface area contributed by atoms with Gasteiger partial charge in [-0.15, -0.1) is 6.58 Å². The predicted molar refractivity (Wildman–Crippen MR) is 97.7 cm³/mol. The second-order valence-electron chi connectivity index (χ2n) is 6.83. The van der Waals surface area contributed by atoms with E-state index in [2.05, 4.69) is 6.58 Å². The largest absolute Gasteiger partial charge is 0.490 e. The van der Waals surface area contributed by atoms with E-state index < -0.39 is 11.4 Å². The molecule has 4 heteroatoms. The van der Waals surface area contributed by atoms with E-state index in [1.165, 1.54) is 0 Å². The quantitative estimate of drug-likeness (QED) is 0.508. The van der Waals surface area contributed by atoms with E-state index in [9.17, 15) is 9.18 Å². The van der Waals surface area contributed by atoms with Crippen LogP contribution in [0.3, 0.4) is 0 Å². The van der Waals surface area contributed by atoms with Crippen LogP contribution in [0.25, 0.3) is 10.8 Å². The molecule has 1 fully saturated rings. The van der Waals surface area contributed by atoms with Gasteiger partial charge in [-0.05, 0) is 55.5 Å². The number of halogens is 1. The van der Waals surface area contributed by atoms with E-state index in [1.54, 1.807) is 12.1 Å². The first-order valence-corrected chi connectivity index (χ1v) is 9.15. The van der Waals surface area contributed by atoms with Gasteiger partial charge in [-0.3, -0.25) is 0 Å². The highest BCUT2D eigenvalue weighted by Crippen LogP contribution is 2.37. The molecule has 0 spiro atoms. The molecular formula is C21H25FO3. The van der Waals surface area contributed by atoms with Crippen molar-refractivity contribution in [3.8, 4) is 5.75 Å². The predicted octanol–water partition coefficient (Wildman–Crippen LogP) is 5.57. The third-order valence-electron chi connectivity index (χ3n) is 5.11. The molecule has 1 aliphatic carbocycles. The first kappa shape index (κ1) is 17.7. The number of unbranched alkanes of at least 4 members (excludes halogenated alkanes) is 1.